The van der Waals surface area contributed by atoms with E-state index in [9.17, 15) is 0 Å². The first-order chi connectivity index (χ1) is 7.45. The van der Waals surface area contributed by atoms with Crippen molar-refractivity contribution in [1.29, 1.82) is 0 Å². The summed E-state index contributed by atoms with van der Waals surface area (Å²) in [6.07, 6.45) is 0. The Hall–Kier alpha value is -0.930. The van der Waals surface area contributed by atoms with Crippen LogP contribution in [-0.4, -0.2) is 24.5 Å². The van der Waals surface area contributed by atoms with E-state index in [1.807, 2.05) is 24.1 Å². The molecule has 1 aromatic carbocycles. The zero-order valence-corrected chi connectivity index (χ0v) is 10.7. The molecule has 86 valence electrons. The number of hydrogen-bond acceptors (Lipinski definition) is 3. The van der Waals surface area contributed by atoms with E-state index in [2.05, 4.69) is 11.9 Å². The molecule has 1 atom stereocenters. The molecule has 0 saturated carbocycles. The molecular formula is C11H13Cl2N3. The van der Waals surface area contributed by atoms with Crippen molar-refractivity contribution in [2.45, 2.75) is 12.5 Å². The van der Waals surface area contributed by atoms with Gasteiger partial charge in [-0.2, -0.15) is 0 Å². The summed E-state index contributed by atoms with van der Waals surface area (Å²) in [5.41, 5.74) is 6.48. The second kappa shape index (κ2) is 3.82. The Balaban J connectivity index is 2.45. The minimum absolute atomic E-state index is 0.286. The number of aliphatic imine (C=N–C) groups is 1. The second-order valence-electron chi connectivity index (χ2n) is 4.13. The van der Waals surface area contributed by atoms with Crippen molar-refractivity contribution in [1.82, 2.24) is 4.90 Å². The van der Waals surface area contributed by atoms with Gasteiger partial charge in [-0.1, -0.05) is 29.3 Å². The molecule has 3 nitrogen and oxygen atoms in total. The van der Waals surface area contributed by atoms with Gasteiger partial charge in [0.2, 0.25) is 0 Å². The van der Waals surface area contributed by atoms with Gasteiger partial charge in [0, 0.05) is 17.1 Å². The van der Waals surface area contributed by atoms with Crippen LogP contribution in [0.3, 0.4) is 0 Å². The number of nitrogens with two attached hydrogens (primary N) is 1. The molecule has 1 aromatic rings. The van der Waals surface area contributed by atoms with Gasteiger partial charge in [0.05, 0.1) is 12.1 Å². The average molecular weight is 258 g/mol. The van der Waals surface area contributed by atoms with Gasteiger partial charge in [-0.3, -0.25) is 4.99 Å². The zero-order chi connectivity index (χ0) is 11.9. The van der Waals surface area contributed by atoms with Gasteiger partial charge in [-0.05, 0) is 24.6 Å². The van der Waals surface area contributed by atoms with Gasteiger partial charge in [0.25, 0.3) is 0 Å². The smallest absolute Gasteiger partial charge is 0.191 e. The van der Waals surface area contributed by atoms with Gasteiger partial charge in [-0.15, -0.1) is 0 Å². The van der Waals surface area contributed by atoms with Gasteiger partial charge in [0.1, 0.15) is 0 Å². The Morgan fingerprint density at radius 2 is 2.12 bits per heavy atom. The van der Waals surface area contributed by atoms with Crippen molar-refractivity contribution in [3.8, 4) is 0 Å². The van der Waals surface area contributed by atoms with Crippen molar-refractivity contribution < 1.29 is 0 Å². The second-order valence-corrected chi connectivity index (χ2v) is 4.98. The number of rotatable bonds is 1. The van der Waals surface area contributed by atoms with E-state index >= 15 is 0 Å². The maximum absolute atomic E-state index is 6.21. The van der Waals surface area contributed by atoms with E-state index in [4.69, 9.17) is 28.9 Å². The summed E-state index contributed by atoms with van der Waals surface area (Å²) in [5.74, 6) is 0.536. The van der Waals surface area contributed by atoms with Crippen LogP contribution in [0.25, 0.3) is 0 Å². The molecule has 5 heteroatoms. The van der Waals surface area contributed by atoms with Gasteiger partial charge in [0.15, 0.2) is 5.96 Å². The summed E-state index contributed by atoms with van der Waals surface area (Å²) in [7, 11) is 1.91. The van der Waals surface area contributed by atoms with Crippen molar-refractivity contribution in [3.05, 3.63) is 33.8 Å². The van der Waals surface area contributed by atoms with E-state index in [-0.39, 0.29) is 5.54 Å². The molecule has 2 N–H and O–H groups in total. The van der Waals surface area contributed by atoms with Crippen molar-refractivity contribution in [2.24, 2.45) is 10.7 Å². The summed E-state index contributed by atoms with van der Waals surface area (Å²) in [6, 6.07) is 5.50. The molecule has 0 spiro atoms. The predicted molar refractivity (Wildman–Crippen MR) is 68.1 cm³/mol. The average Bonchev–Trinajstić information content (AvgIpc) is 2.47. The minimum Gasteiger partial charge on any atom is -0.370 e. The molecule has 1 heterocycles. The molecule has 0 amide bonds. The first kappa shape index (κ1) is 11.6. The highest BCUT2D eigenvalue weighted by molar-refractivity contribution is 6.35. The van der Waals surface area contributed by atoms with E-state index in [1.54, 1.807) is 6.07 Å². The molecule has 16 heavy (non-hydrogen) atoms. The van der Waals surface area contributed by atoms with Crippen LogP contribution in [0.5, 0.6) is 0 Å². The molecule has 0 saturated heterocycles. The summed E-state index contributed by atoms with van der Waals surface area (Å²) in [5, 5.41) is 1.28. The van der Waals surface area contributed by atoms with Crippen LogP contribution < -0.4 is 5.73 Å². The lowest BCUT2D eigenvalue weighted by atomic mass is 9.91. The van der Waals surface area contributed by atoms with Crippen LogP contribution in [0.2, 0.25) is 10.0 Å². The van der Waals surface area contributed by atoms with Crippen LogP contribution in [0.4, 0.5) is 0 Å². The maximum atomic E-state index is 6.21. The zero-order valence-electron chi connectivity index (χ0n) is 9.17. The highest BCUT2D eigenvalue weighted by atomic mass is 35.5. The van der Waals surface area contributed by atoms with E-state index in [1.165, 1.54) is 0 Å². The van der Waals surface area contributed by atoms with E-state index in [0.717, 1.165) is 5.56 Å². The topological polar surface area (TPSA) is 41.6 Å². The third-order valence-corrected chi connectivity index (χ3v) is 3.69. The standard InChI is InChI=1S/C11H13Cl2N3/c1-11(6-15-10(14)16(11)2)8-4-3-7(12)5-9(8)13/h3-5H,6H2,1-2H3,(H2,14,15). The number of guanidine groups is 1. The number of benzene rings is 1. The van der Waals surface area contributed by atoms with E-state index < -0.39 is 0 Å². The summed E-state index contributed by atoms with van der Waals surface area (Å²) < 4.78 is 0. The van der Waals surface area contributed by atoms with Crippen LogP contribution in [0, 0.1) is 0 Å². The predicted octanol–water partition coefficient (Wildman–Crippen LogP) is 2.47. The first-order valence-electron chi connectivity index (χ1n) is 4.94. The molecular weight excluding hydrogens is 245 g/mol. The molecule has 0 aliphatic carbocycles. The highest BCUT2D eigenvalue weighted by Gasteiger charge is 2.38. The lowest BCUT2D eigenvalue weighted by Crippen LogP contribution is -2.44. The van der Waals surface area contributed by atoms with Crippen molar-refractivity contribution in [3.63, 3.8) is 0 Å². The van der Waals surface area contributed by atoms with E-state index in [0.29, 0.717) is 22.5 Å². The molecule has 1 unspecified atom stereocenters. The quantitative estimate of drug-likeness (QED) is 0.840. The Labute approximate surface area is 105 Å². The normalized spacial score (nSPS) is 24.8. The molecule has 1 aliphatic rings. The first-order valence-corrected chi connectivity index (χ1v) is 5.70. The molecule has 0 radical (unpaired) electrons. The highest BCUT2D eigenvalue weighted by Crippen LogP contribution is 2.36. The van der Waals surface area contributed by atoms with Gasteiger partial charge < -0.3 is 10.6 Å². The van der Waals surface area contributed by atoms with Crippen LogP contribution in [0.1, 0.15) is 12.5 Å². The molecule has 0 bridgehead atoms. The van der Waals surface area contributed by atoms with Crippen LogP contribution in [-0.2, 0) is 5.54 Å². The molecule has 0 aromatic heterocycles. The number of nitrogens with zero attached hydrogens (tertiary/aromatic N) is 2. The number of hydrogen-bond donors (Lipinski definition) is 1. The van der Waals surface area contributed by atoms with Crippen molar-refractivity contribution >= 4 is 29.2 Å². The Kier molecular flexibility index (Phi) is 2.76. The summed E-state index contributed by atoms with van der Waals surface area (Å²) >= 11 is 12.1. The van der Waals surface area contributed by atoms with Gasteiger partial charge >= 0.3 is 0 Å². The molecule has 1 aliphatic heterocycles. The summed E-state index contributed by atoms with van der Waals surface area (Å²) in [4.78, 5) is 6.17. The fourth-order valence-corrected chi connectivity index (χ4v) is 2.50. The van der Waals surface area contributed by atoms with Crippen molar-refractivity contribution in [2.75, 3.05) is 13.6 Å². The third kappa shape index (κ3) is 1.64. The fourth-order valence-electron chi connectivity index (χ4n) is 1.89. The monoisotopic (exact) mass is 257 g/mol. The Morgan fingerprint density at radius 1 is 1.44 bits per heavy atom. The fraction of sp³-hybridized carbons (Fsp3) is 0.364. The number of likely N-dealkylation sites (N-methyl/N-ethyl adjacent to an activating group) is 1. The Bertz CT molecular complexity index is 459. The van der Waals surface area contributed by atoms with Gasteiger partial charge in [-0.25, -0.2) is 0 Å². The van der Waals surface area contributed by atoms with Crippen LogP contribution in [0.15, 0.2) is 23.2 Å². The largest absolute Gasteiger partial charge is 0.370 e. The van der Waals surface area contributed by atoms with Crippen LogP contribution >= 0.6 is 23.2 Å². The summed E-state index contributed by atoms with van der Waals surface area (Å²) in [6.45, 7) is 2.67. The minimum atomic E-state index is -0.286. The lowest BCUT2D eigenvalue weighted by molar-refractivity contribution is 0.267. The molecule has 2 rings (SSSR count). The lowest BCUT2D eigenvalue weighted by Gasteiger charge is -2.34. The molecule has 0 fully saturated rings. The Morgan fingerprint density at radius 3 is 2.62 bits per heavy atom. The number of halogens is 2. The SMILES string of the molecule is CN1C(N)=NCC1(C)c1ccc(Cl)cc1Cl. The third-order valence-electron chi connectivity index (χ3n) is 3.14. The maximum Gasteiger partial charge on any atom is 0.191 e.